The third-order valence-corrected chi connectivity index (χ3v) is 5.74. The number of likely N-dealkylation sites (tertiary alicyclic amines) is 1. The van der Waals surface area contributed by atoms with E-state index in [2.05, 4.69) is 34.8 Å². The molecule has 2 heterocycles. The van der Waals surface area contributed by atoms with Gasteiger partial charge in [-0.25, -0.2) is 4.98 Å². The van der Waals surface area contributed by atoms with Crippen molar-refractivity contribution in [1.82, 2.24) is 14.8 Å². The van der Waals surface area contributed by atoms with Gasteiger partial charge in [0, 0.05) is 36.6 Å². The van der Waals surface area contributed by atoms with Crippen LogP contribution in [0.1, 0.15) is 32.9 Å². The first-order valence-electron chi connectivity index (χ1n) is 8.70. The van der Waals surface area contributed by atoms with E-state index in [-0.39, 0.29) is 5.91 Å². The molecule has 1 saturated heterocycles. The fourth-order valence-electron chi connectivity index (χ4n) is 3.52. The van der Waals surface area contributed by atoms with Crippen molar-refractivity contribution in [2.45, 2.75) is 26.4 Å². The van der Waals surface area contributed by atoms with Crippen LogP contribution in [0.15, 0.2) is 29.8 Å². The van der Waals surface area contributed by atoms with Gasteiger partial charge in [0.2, 0.25) is 5.91 Å². The average molecular weight is 359 g/mol. The van der Waals surface area contributed by atoms with Gasteiger partial charge in [0.25, 0.3) is 0 Å². The molecular formula is C19H26N4OS. The van der Waals surface area contributed by atoms with Gasteiger partial charge in [-0.15, -0.1) is 11.3 Å². The summed E-state index contributed by atoms with van der Waals surface area (Å²) < 4.78 is 0. The van der Waals surface area contributed by atoms with Gasteiger partial charge in [0.15, 0.2) is 0 Å². The van der Waals surface area contributed by atoms with Crippen LogP contribution in [0, 0.1) is 12.8 Å². The molecular weight excluding hydrogens is 332 g/mol. The van der Waals surface area contributed by atoms with E-state index < -0.39 is 0 Å². The number of rotatable bonds is 7. The van der Waals surface area contributed by atoms with E-state index in [9.17, 15) is 4.79 Å². The standard InChI is InChI=1S/C19H26N4OS/c1-14-18(25-13-21-14)12-22(2)9-16-6-7-23(11-16)10-15-4-3-5-17(8-15)19(20)24/h3-5,8,13,16H,6-7,9-12H2,1-2H3,(H2,20,24)/t16-/m0/s1. The highest BCUT2D eigenvalue weighted by Gasteiger charge is 2.24. The molecule has 0 radical (unpaired) electrons. The van der Waals surface area contributed by atoms with Crippen LogP contribution in [-0.4, -0.2) is 47.4 Å². The number of thiazole rings is 1. The highest BCUT2D eigenvalue weighted by Crippen LogP contribution is 2.21. The van der Waals surface area contributed by atoms with E-state index in [1.54, 1.807) is 17.4 Å². The minimum atomic E-state index is -0.360. The summed E-state index contributed by atoms with van der Waals surface area (Å²) in [6.45, 7) is 7.26. The molecule has 25 heavy (non-hydrogen) atoms. The first-order chi connectivity index (χ1) is 12.0. The van der Waals surface area contributed by atoms with Gasteiger partial charge in [0.1, 0.15) is 0 Å². The summed E-state index contributed by atoms with van der Waals surface area (Å²) >= 11 is 1.74. The zero-order valence-corrected chi connectivity index (χ0v) is 15.8. The quantitative estimate of drug-likeness (QED) is 0.826. The Labute approximate surface area is 153 Å². The first kappa shape index (κ1) is 18.0. The van der Waals surface area contributed by atoms with Gasteiger partial charge < -0.3 is 10.6 Å². The Hall–Kier alpha value is -1.76. The van der Waals surface area contributed by atoms with Crippen molar-refractivity contribution in [2.24, 2.45) is 11.7 Å². The van der Waals surface area contributed by atoms with Crippen LogP contribution in [0.4, 0.5) is 0 Å². The fraction of sp³-hybridized carbons (Fsp3) is 0.474. The number of benzene rings is 1. The first-order valence-corrected chi connectivity index (χ1v) is 9.58. The summed E-state index contributed by atoms with van der Waals surface area (Å²) in [4.78, 5) is 21.9. The van der Waals surface area contributed by atoms with Gasteiger partial charge >= 0.3 is 0 Å². The highest BCUT2D eigenvalue weighted by atomic mass is 32.1. The molecule has 6 heteroatoms. The van der Waals surface area contributed by atoms with Gasteiger partial charge in [-0.05, 0) is 50.6 Å². The summed E-state index contributed by atoms with van der Waals surface area (Å²) in [7, 11) is 2.19. The molecule has 1 aromatic heterocycles. The van der Waals surface area contributed by atoms with Crippen LogP contribution < -0.4 is 5.73 Å². The Balaban J connectivity index is 1.49. The Morgan fingerprint density at radius 2 is 2.32 bits per heavy atom. The maximum Gasteiger partial charge on any atom is 0.248 e. The minimum absolute atomic E-state index is 0.360. The van der Waals surface area contributed by atoms with E-state index in [0.717, 1.165) is 44.0 Å². The molecule has 0 spiro atoms. The number of aromatic nitrogens is 1. The second-order valence-electron chi connectivity index (χ2n) is 7.01. The number of nitrogens with zero attached hydrogens (tertiary/aromatic N) is 3. The smallest absolute Gasteiger partial charge is 0.248 e. The second kappa shape index (κ2) is 8.08. The molecule has 0 bridgehead atoms. The molecule has 1 aliphatic rings. The van der Waals surface area contributed by atoms with Crippen molar-refractivity contribution in [1.29, 1.82) is 0 Å². The van der Waals surface area contributed by atoms with E-state index in [1.165, 1.54) is 11.3 Å². The fourth-order valence-corrected chi connectivity index (χ4v) is 4.37. The number of amides is 1. The van der Waals surface area contributed by atoms with E-state index in [0.29, 0.717) is 11.5 Å². The third kappa shape index (κ3) is 4.87. The van der Waals surface area contributed by atoms with Gasteiger partial charge in [-0.1, -0.05) is 12.1 Å². The summed E-state index contributed by atoms with van der Waals surface area (Å²) in [6, 6.07) is 7.66. The summed E-state index contributed by atoms with van der Waals surface area (Å²) in [5.41, 5.74) is 10.2. The molecule has 0 aliphatic carbocycles. The number of primary amides is 1. The second-order valence-corrected chi connectivity index (χ2v) is 7.95. The van der Waals surface area contributed by atoms with Crippen molar-refractivity contribution in [3.05, 3.63) is 51.5 Å². The molecule has 0 unspecified atom stereocenters. The number of carbonyl (C=O) groups excluding carboxylic acids is 1. The Morgan fingerprint density at radius 3 is 3.04 bits per heavy atom. The molecule has 134 valence electrons. The molecule has 5 nitrogen and oxygen atoms in total. The Kier molecular flexibility index (Phi) is 5.83. The normalized spacial score (nSPS) is 18.1. The monoisotopic (exact) mass is 358 g/mol. The highest BCUT2D eigenvalue weighted by molar-refractivity contribution is 7.09. The largest absolute Gasteiger partial charge is 0.366 e. The Morgan fingerprint density at radius 1 is 1.48 bits per heavy atom. The molecule has 1 fully saturated rings. The average Bonchev–Trinajstić information content (AvgIpc) is 3.17. The predicted octanol–water partition coefficient (Wildman–Crippen LogP) is 2.50. The van der Waals surface area contributed by atoms with Crippen LogP contribution in [0.2, 0.25) is 0 Å². The molecule has 1 amide bonds. The van der Waals surface area contributed by atoms with Gasteiger partial charge in [0.05, 0.1) is 11.2 Å². The van der Waals surface area contributed by atoms with Crippen LogP contribution in [0.25, 0.3) is 0 Å². The number of aryl methyl sites for hydroxylation is 1. The van der Waals surface area contributed by atoms with Crippen molar-refractivity contribution in [3.8, 4) is 0 Å². The van der Waals surface area contributed by atoms with Crippen molar-refractivity contribution < 1.29 is 4.79 Å². The minimum Gasteiger partial charge on any atom is -0.366 e. The van der Waals surface area contributed by atoms with Crippen LogP contribution >= 0.6 is 11.3 Å². The number of hydrogen-bond acceptors (Lipinski definition) is 5. The molecule has 0 saturated carbocycles. The summed E-state index contributed by atoms with van der Waals surface area (Å²) in [5, 5.41) is 0. The van der Waals surface area contributed by atoms with E-state index >= 15 is 0 Å². The summed E-state index contributed by atoms with van der Waals surface area (Å²) in [6.07, 6.45) is 1.22. The van der Waals surface area contributed by atoms with Crippen LogP contribution in [0.3, 0.4) is 0 Å². The maximum absolute atomic E-state index is 11.3. The molecule has 1 aromatic carbocycles. The molecule has 3 rings (SSSR count). The lowest BCUT2D eigenvalue weighted by atomic mass is 10.1. The van der Waals surface area contributed by atoms with Crippen molar-refractivity contribution >= 4 is 17.2 Å². The lowest BCUT2D eigenvalue weighted by Gasteiger charge is -2.21. The van der Waals surface area contributed by atoms with Crippen LogP contribution in [-0.2, 0) is 13.1 Å². The van der Waals surface area contributed by atoms with Crippen molar-refractivity contribution in [3.63, 3.8) is 0 Å². The van der Waals surface area contributed by atoms with Gasteiger partial charge in [-0.3, -0.25) is 9.69 Å². The van der Waals surface area contributed by atoms with E-state index in [1.807, 2.05) is 17.6 Å². The SMILES string of the molecule is Cc1ncsc1CN(C)C[C@@H]1CCN(Cc2cccc(C(N)=O)c2)C1. The zero-order valence-electron chi connectivity index (χ0n) is 14.9. The zero-order chi connectivity index (χ0) is 17.8. The van der Waals surface area contributed by atoms with Crippen molar-refractivity contribution in [2.75, 3.05) is 26.7 Å². The number of hydrogen-bond donors (Lipinski definition) is 1. The molecule has 2 aromatic rings. The van der Waals surface area contributed by atoms with Crippen LogP contribution in [0.5, 0.6) is 0 Å². The van der Waals surface area contributed by atoms with Gasteiger partial charge in [-0.2, -0.15) is 0 Å². The topological polar surface area (TPSA) is 62.5 Å². The Bertz CT molecular complexity index is 730. The molecule has 1 atom stereocenters. The molecule has 1 aliphatic heterocycles. The summed E-state index contributed by atoms with van der Waals surface area (Å²) in [5.74, 6) is 0.332. The number of carbonyl (C=O) groups is 1. The number of nitrogens with two attached hydrogens (primary N) is 1. The predicted molar refractivity (Wildman–Crippen MR) is 102 cm³/mol. The maximum atomic E-state index is 11.3. The molecule has 2 N–H and O–H groups in total. The third-order valence-electron chi connectivity index (χ3n) is 4.82. The van der Waals surface area contributed by atoms with E-state index in [4.69, 9.17) is 5.73 Å². The lowest BCUT2D eigenvalue weighted by Crippen LogP contribution is -2.28. The lowest BCUT2D eigenvalue weighted by molar-refractivity contribution is 0.1000.